The summed E-state index contributed by atoms with van der Waals surface area (Å²) in [7, 11) is 0. The van der Waals surface area contributed by atoms with Crippen LogP contribution in [-0.4, -0.2) is 15.0 Å². The van der Waals surface area contributed by atoms with Gasteiger partial charge in [-0.25, -0.2) is 15.0 Å². The van der Waals surface area contributed by atoms with E-state index in [4.69, 9.17) is 23.8 Å². The van der Waals surface area contributed by atoms with Crippen LogP contribution in [0, 0.1) is 0 Å². The molecule has 0 bridgehead atoms. The third kappa shape index (κ3) is 4.46. The highest BCUT2D eigenvalue weighted by Gasteiger charge is 2.19. The summed E-state index contributed by atoms with van der Waals surface area (Å²) in [5.41, 5.74) is 8.09. The summed E-state index contributed by atoms with van der Waals surface area (Å²) in [5, 5.41) is 8.94. The van der Waals surface area contributed by atoms with E-state index in [2.05, 4.69) is 103 Å². The number of aromatic nitrogens is 3. The van der Waals surface area contributed by atoms with Gasteiger partial charge in [0.1, 0.15) is 22.3 Å². The predicted octanol–water partition coefficient (Wildman–Crippen LogP) is 12.6. The maximum Gasteiger partial charge on any atom is 0.164 e. The number of hydrogen-bond donors (Lipinski definition) is 0. The summed E-state index contributed by atoms with van der Waals surface area (Å²) in [4.78, 5) is 15.3. The monoisotopic (exact) mass is 665 g/mol. The summed E-state index contributed by atoms with van der Waals surface area (Å²) < 4.78 is 12.9. The lowest BCUT2D eigenvalue weighted by molar-refractivity contribution is 0.668. The maximum absolute atomic E-state index is 6.56. The van der Waals surface area contributed by atoms with Crippen LogP contribution in [-0.2, 0) is 0 Å². The van der Waals surface area contributed by atoms with Crippen molar-refractivity contribution in [3.8, 4) is 45.3 Å². The summed E-state index contributed by atoms with van der Waals surface area (Å²) >= 11 is 0. The number of benzene rings is 8. The molecule has 5 heteroatoms. The fraction of sp³-hybridized carbons (Fsp3) is 0. The molecule has 0 amide bonds. The highest BCUT2D eigenvalue weighted by atomic mass is 16.3. The molecule has 3 heterocycles. The highest BCUT2D eigenvalue weighted by molar-refractivity contribution is 6.14. The first kappa shape index (κ1) is 28.7. The second kappa shape index (κ2) is 11.2. The van der Waals surface area contributed by atoms with E-state index in [1.807, 2.05) is 60.7 Å². The molecule has 0 saturated carbocycles. The number of fused-ring (bicyclic) bond motifs is 9. The standard InChI is InChI=1S/C47H27N3O2/c1-2-11-29(12-3-1)45-48-46(32-23-24-34-30(26-32)21-20-28-10-4-5-13-33(28)34)50-47(49-45)39-17-9-19-41-43(39)38-25-22-31(27-42(38)51-41)35-15-8-16-37-36-14-6-7-18-40(36)52-44(35)37/h1-27H. The molecule has 0 atom stereocenters. The average molecular weight is 666 g/mol. The van der Waals surface area contributed by atoms with Crippen LogP contribution in [0.1, 0.15) is 0 Å². The number of nitrogens with zero attached hydrogens (tertiary/aromatic N) is 3. The van der Waals surface area contributed by atoms with E-state index in [0.29, 0.717) is 17.5 Å². The highest BCUT2D eigenvalue weighted by Crippen LogP contribution is 2.41. The summed E-state index contributed by atoms with van der Waals surface area (Å²) in [6, 6.07) is 56.3. The first-order valence-corrected chi connectivity index (χ1v) is 17.3. The predicted molar refractivity (Wildman–Crippen MR) is 211 cm³/mol. The van der Waals surface area contributed by atoms with Gasteiger partial charge in [-0.3, -0.25) is 0 Å². The second-order valence-electron chi connectivity index (χ2n) is 13.2. The molecule has 0 unspecified atom stereocenters. The number of furan rings is 2. The van der Waals surface area contributed by atoms with Crippen molar-refractivity contribution in [3.63, 3.8) is 0 Å². The van der Waals surface area contributed by atoms with Crippen molar-refractivity contribution in [2.24, 2.45) is 0 Å². The molecule has 0 fully saturated rings. The Morgan fingerprint density at radius 2 is 0.981 bits per heavy atom. The zero-order valence-corrected chi connectivity index (χ0v) is 27.7. The van der Waals surface area contributed by atoms with Gasteiger partial charge >= 0.3 is 0 Å². The van der Waals surface area contributed by atoms with Gasteiger partial charge in [0.15, 0.2) is 17.5 Å². The van der Waals surface area contributed by atoms with E-state index in [0.717, 1.165) is 77.1 Å². The van der Waals surface area contributed by atoms with Gasteiger partial charge < -0.3 is 8.83 Å². The van der Waals surface area contributed by atoms with Crippen molar-refractivity contribution in [1.82, 2.24) is 15.0 Å². The van der Waals surface area contributed by atoms with E-state index in [-0.39, 0.29) is 0 Å². The molecule has 242 valence electrons. The van der Waals surface area contributed by atoms with Crippen molar-refractivity contribution in [2.75, 3.05) is 0 Å². The van der Waals surface area contributed by atoms with Crippen LogP contribution < -0.4 is 0 Å². The van der Waals surface area contributed by atoms with E-state index < -0.39 is 0 Å². The molecule has 52 heavy (non-hydrogen) atoms. The van der Waals surface area contributed by atoms with Gasteiger partial charge in [0.25, 0.3) is 0 Å². The van der Waals surface area contributed by atoms with Crippen molar-refractivity contribution in [3.05, 3.63) is 164 Å². The Morgan fingerprint density at radius 3 is 1.90 bits per heavy atom. The minimum atomic E-state index is 0.590. The van der Waals surface area contributed by atoms with Gasteiger partial charge in [0.05, 0.1) is 0 Å². The molecule has 0 aliphatic rings. The topological polar surface area (TPSA) is 65.0 Å². The number of para-hydroxylation sites is 2. The maximum atomic E-state index is 6.56. The van der Waals surface area contributed by atoms with Gasteiger partial charge in [-0.05, 0) is 57.4 Å². The Labute approximate surface area is 297 Å². The Morgan fingerprint density at radius 1 is 0.327 bits per heavy atom. The summed E-state index contributed by atoms with van der Waals surface area (Å²) in [5.74, 6) is 1.82. The lowest BCUT2D eigenvalue weighted by atomic mass is 9.99. The Hall–Kier alpha value is -7.11. The van der Waals surface area contributed by atoms with Gasteiger partial charge in [-0.2, -0.15) is 0 Å². The third-order valence-corrected chi connectivity index (χ3v) is 10.1. The first-order chi connectivity index (χ1) is 25.7. The molecule has 0 aliphatic carbocycles. The van der Waals surface area contributed by atoms with Crippen LogP contribution in [0.25, 0.3) is 111 Å². The average Bonchev–Trinajstić information content (AvgIpc) is 3.79. The minimum absolute atomic E-state index is 0.590. The van der Waals surface area contributed by atoms with Crippen molar-refractivity contribution < 1.29 is 8.83 Å². The minimum Gasteiger partial charge on any atom is -0.456 e. The number of rotatable bonds is 4. The molecule has 0 spiro atoms. The largest absolute Gasteiger partial charge is 0.456 e. The van der Waals surface area contributed by atoms with Crippen LogP contribution in [0.3, 0.4) is 0 Å². The van der Waals surface area contributed by atoms with Crippen molar-refractivity contribution >= 4 is 65.4 Å². The van der Waals surface area contributed by atoms with Crippen LogP contribution in [0.2, 0.25) is 0 Å². The normalized spacial score (nSPS) is 11.8. The quantitative estimate of drug-likeness (QED) is 0.175. The SMILES string of the molecule is c1ccc(-c2nc(-c3ccc4c(ccc5ccccc54)c3)nc(-c3cccc4oc5cc(-c6cccc7c6oc6ccccc67)ccc5c34)n2)cc1. The molecule has 3 aromatic heterocycles. The smallest absolute Gasteiger partial charge is 0.164 e. The molecule has 0 aliphatic heterocycles. The molecular formula is C47H27N3O2. The summed E-state index contributed by atoms with van der Waals surface area (Å²) in [6.07, 6.45) is 0. The fourth-order valence-corrected chi connectivity index (χ4v) is 7.65. The van der Waals surface area contributed by atoms with Gasteiger partial charge in [0.2, 0.25) is 0 Å². The van der Waals surface area contributed by atoms with Crippen LogP contribution >= 0.6 is 0 Å². The summed E-state index contributed by atoms with van der Waals surface area (Å²) in [6.45, 7) is 0. The first-order valence-electron chi connectivity index (χ1n) is 17.3. The molecule has 5 nitrogen and oxygen atoms in total. The van der Waals surface area contributed by atoms with E-state index >= 15 is 0 Å². The fourth-order valence-electron chi connectivity index (χ4n) is 7.65. The lowest BCUT2D eigenvalue weighted by Gasteiger charge is -2.10. The second-order valence-corrected chi connectivity index (χ2v) is 13.2. The molecule has 0 radical (unpaired) electrons. The molecule has 0 saturated heterocycles. The zero-order chi connectivity index (χ0) is 34.2. The third-order valence-electron chi connectivity index (χ3n) is 10.1. The van der Waals surface area contributed by atoms with Crippen LogP contribution in [0.5, 0.6) is 0 Å². The molecule has 11 rings (SSSR count). The van der Waals surface area contributed by atoms with E-state index in [1.165, 1.54) is 16.2 Å². The number of hydrogen-bond acceptors (Lipinski definition) is 5. The van der Waals surface area contributed by atoms with Gasteiger partial charge in [0, 0.05) is 43.8 Å². The Kier molecular flexibility index (Phi) is 6.18. The molecular weight excluding hydrogens is 639 g/mol. The Balaban J connectivity index is 1.09. The van der Waals surface area contributed by atoms with Gasteiger partial charge in [-0.15, -0.1) is 0 Å². The molecule has 0 N–H and O–H groups in total. The van der Waals surface area contributed by atoms with Gasteiger partial charge in [-0.1, -0.05) is 133 Å². The van der Waals surface area contributed by atoms with Crippen molar-refractivity contribution in [2.45, 2.75) is 0 Å². The van der Waals surface area contributed by atoms with E-state index in [1.54, 1.807) is 0 Å². The van der Waals surface area contributed by atoms with Crippen LogP contribution in [0.15, 0.2) is 173 Å². The molecule has 11 aromatic rings. The Bertz CT molecular complexity index is 3190. The molecule has 8 aromatic carbocycles. The van der Waals surface area contributed by atoms with Crippen molar-refractivity contribution in [1.29, 1.82) is 0 Å². The van der Waals surface area contributed by atoms with Crippen LogP contribution in [0.4, 0.5) is 0 Å². The zero-order valence-electron chi connectivity index (χ0n) is 27.7. The lowest BCUT2D eigenvalue weighted by Crippen LogP contribution is -2.00. The van der Waals surface area contributed by atoms with E-state index in [9.17, 15) is 0 Å².